The molecular weight excluding hydrogens is 370 g/mol. The Labute approximate surface area is 137 Å². The zero-order valence-corrected chi connectivity index (χ0v) is 14.4. The Hall–Kier alpha value is -1.86. The summed E-state index contributed by atoms with van der Waals surface area (Å²) in [5.41, 5.74) is 1.25. The Morgan fingerprint density at radius 3 is 2.36 bits per heavy atom. The average molecular weight is 384 g/mol. The van der Waals surface area contributed by atoms with E-state index in [0.29, 0.717) is 4.47 Å². The lowest BCUT2D eigenvalue weighted by atomic mass is 10.2. The third-order valence-electron chi connectivity index (χ3n) is 2.96. The van der Waals surface area contributed by atoms with E-state index < -0.39 is 16.0 Å². The summed E-state index contributed by atoms with van der Waals surface area (Å²) in [7, 11) is -2.54. The van der Waals surface area contributed by atoms with Crippen LogP contribution in [0.5, 0.6) is 0 Å². The number of sulfonamides is 1. The molecule has 2 aromatic carbocycles. The van der Waals surface area contributed by atoms with Crippen LogP contribution in [0.4, 0.5) is 5.69 Å². The molecule has 22 heavy (non-hydrogen) atoms. The number of carbonyl (C=O) groups excluding carboxylic acids is 1. The standard InChI is InChI=1S/C15H14BrNO4S/c1-10-3-6-12(7-4-10)22(19,20)17-14-8-5-11(16)9-13(14)15(18)21-2/h3-9,17H,1-2H3. The third kappa shape index (κ3) is 3.66. The fourth-order valence-corrected chi connectivity index (χ4v) is 3.25. The second kappa shape index (κ2) is 6.50. The van der Waals surface area contributed by atoms with Crippen molar-refractivity contribution in [2.24, 2.45) is 0 Å². The van der Waals surface area contributed by atoms with Gasteiger partial charge in [0.2, 0.25) is 0 Å². The van der Waals surface area contributed by atoms with Gasteiger partial charge < -0.3 is 4.74 Å². The Morgan fingerprint density at radius 2 is 1.77 bits per heavy atom. The Bertz CT molecular complexity index is 801. The second-order valence-corrected chi connectivity index (χ2v) is 7.20. The molecule has 0 aromatic heterocycles. The van der Waals surface area contributed by atoms with Crippen LogP contribution < -0.4 is 4.72 Å². The molecule has 2 aromatic rings. The van der Waals surface area contributed by atoms with Gasteiger partial charge in [-0.15, -0.1) is 0 Å². The van der Waals surface area contributed by atoms with E-state index >= 15 is 0 Å². The van der Waals surface area contributed by atoms with Gasteiger partial charge in [-0.3, -0.25) is 4.72 Å². The van der Waals surface area contributed by atoms with Crippen LogP contribution in [0.1, 0.15) is 15.9 Å². The summed E-state index contributed by atoms with van der Waals surface area (Å²) >= 11 is 3.24. The van der Waals surface area contributed by atoms with E-state index in [0.717, 1.165) is 5.56 Å². The first-order valence-corrected chi connectivity index (χ1v) is 8.58. The van der Waals surface area contributed by atoms with E-state index in [-0.39, 0.29) is 16.1 Å². The van der Waals surface area contributed by atoms with Crippen molar-refractivity contribution < 1.29 is 17.9 Å². The number of rotatable bonds is 4. The number of anilines is 1. The Kier molecular flexibility index (Phi) is 4.87. The molecule has 0 unspecified atom stereocenters. The van der Waals surface area contributed by atoms with E-state index in [4.69, 9.17) is 0 Å². The van der Waals surface area contributed by atoms with Crippen molar-refractivity contribution in [3.8, 4) is 0 Å². The molecule has 1 N–H and O–H groups in total. The molecular formula is C15H14BrNO4S. The van der Waals surface area contributed by atoms with Gasteiger partial charge >= 0.3 is 5.97 Å². The number of halogens is 1. The Balaban J connectivity index is 2.41. The average Bonchev–Trinajstić information content (AvgIpc) is 2.48. The van der Waals surface area contributed by atoms with Crippen molar-refractivity contribution in [1.29, 1.82) is 0 Å². The number of ether oxygens (including phenoxy) is 1. The second-order valence-electron chi connectivity index (χ2n) is 4.60. The molecule has 0 radical (unpaired) electrons. The van der Waals surface area contributed by atoms with Crippen molar-refractivity contribution in [3.05, 3.63) is 58.1 Å². The Morgan fingerprint density at radius 1 is 1.14 bits per heavy atom. The smallest absolute Gasteiger partial charge is 0.340 e. The summed E-state index contributed by atoms with van der Waals surface area (Å²) in [6.07, 6.45) is 0. The van der Waals surface area contributed by atoms with Crippen LogP contribution in [-0.4, -0.2) is 21.5 Å². The highest BCUT2D eigenvalue weighted by molar-refractivity contribution is 9.10. The van der Waals surface area contributed by atoms with Gasteiger partial charge in [0.05, 0.1) is 23.3 Å². The highest BCUT2D eigenvalue weighted by Gasteiger charge is 2.19. The summed E-state index contributed by atoms with van der Waals surface area (Å²) in [6, 6.07) is 11.1. The van der Waals surface area contributed by atoms with Gasteiger partial charge in [-0.1, -0.05) is 33.6 Å². The topological polar surface area (TPSA) is 72.5 Å². The van der Waals surface area contributed by atoms with Crippen molar-refractivity contribution in [1.82, 2.24) is 0 Å². The fourth-order valence-electron chi connectivity index (χ4n) is 1.81. The first-order chi connectivity index (χ1) is 10.3. The van der Waals surface area contributed by atoms with Gasteiger partial charge in [0.25, 0.3) is 10.0 Å². The van der Waals surface area contributed by atoms with Crippen LogP contribution in [0.2, 0.25) is 0 Å². The third-order valence-corrected chi connectivity index (χ3v) is 4.84. The molecule has 0 saturated heterocycles. The van der Waals surface area contributed by atoms with E-state index in [1.165, 1.54) is 31.4 Å². The highest BCUT2D eigenvalue weighted by atomic mass is 79.9. The van der Waals surface area contributed by atoms with E-state index in [9.17, 15) is 13.2 Å². The van der Waals surface area contributed by atoms with Gasteiger partial charge in [-0.05, 0) is 37.3 Å². The molecule has 0 saturated carbocycles. The summed E-state index contributed by atoms with van der Waals surface area (Å²) in [4.78, 5) is 11.9. The molecule has 0 aliphatic heterocycles. The summed E-state index contributed by atoms with van der Waals surface area (Å²) in [6.45, 7) is 1.87. The lowest BCUT2D eigenvalue weighted by molar-refractivity contribution is 0.0602. The molecule has 0 heterocycles. The van der Waals surface area contributed by atoms with Crippen molar-refractivity contribution in [2.75, 3.05) is 11.8 Å². The monoisotopic (exact) mass is 383 g/mol. The summed E-state index contributed by atoms with van der Waals surface area (Å²) in [5.74, 6) is -0.622. The predicted molar refractivity (Wildman–Crippen MR) is 87.5 cm³/mol. The van der Waals surface area contributed by atoms with E-state index in [1.807, 2.05) is 6.92 Å². The maximum Gasteiger partial charge on any atom is 0.340 e. The molecule has 2 rings (SSSR count). The number of nitrogens with one attached hydrogen (secondary N) is 1. The zero-order chi connectivity index (χ0) is 16.3. The zero-order valence-electron chi connectivity index (χ0n) is 12.0. The summed E-state index contributed by atoms with van der Waals surface area (Å²) < 4.78 is 32.5. The van der Waals surface area contributed by atoms with Gasteiger partial charge in [0.15, 0.2) is 0 Å². The number of aryl methyl sites for hydroxylation is 1. The van der Waals surface area contributed by atoms with Crippen molar-refractivity contribution in [3.63, 3.8) is 0 Å². The van der Waals surface area contributed by atoms with Crippen molar-refractivity contribution in [2.45, 2.75) is 11.8 Å². The van der Waals surface area contributed by atoms with Crippen LogP contribution >= 0.6 is 15.9 Å². The molecule has 5 nitrogen and oxygen atoms in total. The van der Waals surface area contributed by atoms with Gasteiger partial charge in [-0.25, -0.2) is 13.2 Å². The lowest BCUT2D eigenvalue weighted by Gasteiger charge is -2.12. The van der Waals surface area contributed by atoms with Crippen LogP contribution in [0.3, 0.4) is 0 Å². The van der Waals surface area contributed by atoms with Crippen LogP contribution in [0.15, 0.2) is 51.8 Å². The van der Waals surface area contributed by atoms with Crippen LogP contribution in [0.25, 0.3) is 0 Å². The number of benzene rings is 2. The maximum atomic E-state index is 12.4. The number of esters is 1. The molecule has 0 aliphatic rings. The molecule has 0 amide bonds. The van der Waals surface area contributed by atoms with Gasteiger partial charge in [0, 0.05) is 4.47 Å². The van der Waals surface area contributed by atoms with Gasteiger partial charge in [-0.2, -0.15) is 0 Å². The highest BCUT2D eigenvalue weighted by Crippen LogP contribution is 2.24. The quantitative estimate of drug-likeness (QED) is 0.821. The normalized spacial score (nSPS) is 11.0. The van der Waals surface area contributed by atoms with Crippen LogP contribution in [-0.2, 0) is 14.8 Å². The molecule has 0 spiro atoms. The number of hydrogen-bond acceptors (Lipinski definition) is 4. The SMILES string of the molecule is COC(=O)c1cc(Br)ccc1NS(=O)(=O)c1ccc(C)cc1. The number of methoxy groups -OCH3 is 1. The predicted octanol–water partition coefficient (Wildman–Crippen LogP) is 3.34. The summed E-state index contributed by atoms with van der Waals surface area (Å²) in [5, 5.41) is 0. The fraction of sp³-hybridized carbons (Fsp3) is 0.133. The largest absolute Gasteiger partial charge is 0.465 e. The maximum absolute atomic E-state index is 12.4. The molecule has 0 fully saturated rings. The van der Waals surface area contributed by atoms with Gasteiger partial charge in [0.1, 0.15) is 0 Å². The molecule has 0 aliphatic carbocycles. The molecule has 0 bridgehead atoms. The molecule has 7 heteroatoms. The van der Waals surface area contributed by atoms with E-state index in [1.54, 1.807) is 18.2 Å². The van der Waals surface area contributed by atoms with Crippen LogP contribution in [0, 0.1) is 6.92 Å². The molecule has 0 atom stereocenters. The minimum absolute atomic E-state index is 0.122. The van der Waals surface area contributed by atoms with Crippen molar-refractivity contribution >= 4 is 37.6 Å². The number of carbonyl (C=O) groups is 1. The number of hydrogen-bond donors (Lipinski definition) is 1. The first kappa shape index (κ1) is 16.5. The minimum Gasteiger partial charge on any atom is -0.465 e. The lowest BCUT2D eigenvalue weighted by Crippen LogP contribution is -2.16. The minimum atomic E-state index is -3.78. The van der Waals surface area contributed by atoms with E-state index in [2.05, 4.69) is 25.4 Å². The molecule has 116 valence electrons. The first-order valence-electron chi connectivity index (χ1n) is 6.31.